The van der Waals surface area contributed by atoms with Crippen LogP contribution in [0.25, 0.3) is 38.8 Å². The van der Waals surface area contributed by atoms with Crippen LogP contribution in [0.15, 0.2) is 72.8 Å². The summed E-state index contributed by atoms with van der Waals surface area (Å²) < 4.78 is 5.05. The predicted molar refractivity (Wildman–Crippen MR) is 142 cm³/mol. The highest BCUT2D eigenvalue weighted by Gasteiger charge is 2.32. The highest BCUT2D eigenvalue weighted by Crippen LogP contribution is 2.42. The molecule has 33 heavy (non-hydrogen) atoms. The summed E-state index contributed by atoms with van der Waals surface area (Å²) in [5.74, 6) is 0. The number of benzene rings is 3. The molecule has 0 bridgehead atoms. The zero-order valence-corrected chi connectivity index (χ0v) is 20.3. The van der Waals surface area contributed by atoms with Crippen LogP contribution in [-0.4, -0.2) is 9.13 Å². The molecule has 0 saturated carbocycles. The molecule has 2 nitrogen and oxygen atoms in total. The van der Waals surface area contributed by atoms with Crippen molar-refractivity contribution in [1.82, 2.24) is 9.13 Å². The zero-order valence-electron chi connectivity index (χ0n) is 20.3. The lowest BCUT2D eigenvalue weighted by molar-refractivity contribution is 0.524. The monoisotopic (exact) mass is 432 g/mol. The second-order valence-electron chi connectivity index (χ2n) is 10.5. The first-order chi connectivity index (χ1) is 15.9. The smallest absolute Gasteiger partial charge is 0.0496 e. The number of fused-ring (bicyclic) bond motifs is 6. The van der Waals surface area contributed by atoms with Gasteiger partial charge >= 0.3 is 0 Å². The minimum atomic E-state index is -0.0412. The van der Waals surface area contributed by atoms with Crippen LogP contribution in [0, 0.1) is 0 Å². The lowest BCUT2D eigenvalue weighted by atomic mass is 9.74. The average molecular weight is 433 g/mol. The summed E-state index contributed by atoms with van der Waals surface area (Å²) in [6, 6.07) is 25.7. The molecule has 0 saturated heterocycles. The first-order valence-corrected chi connectivity index (χ1v) is 12.2. The van der Waals surface area contributed by atoms with Gasteiger partial charge in [0.15, 0.2) is 0 Å². The summed E-state index contributed by atoms with van der Waals surface area (Å²) in [4.78, 5) is 0. The summed E-state index contributed by atoms with van der Waals surface area (Å²) in [7, 11) is 0. The van der Waals surface area contributed by atoms with E-state index < -0.39 is 0 Å². The Balaban J connectivity index is 1.55. The third-order valence-corrected chi connectivity index (χ3v) is 7.61. The maximum absolute atomic E-state index is 2.55. The van der Waals surface area contributed by atoms with E-state index in [1.807, 2.05) is 0 Å². The number of hydrogen-bond donors (Lipinski definition) is 0. The van der Waals surface area contributed by atoms with Crippen LogP contribution in [0.5, 0.6) is 0 Å². The van der Waals surface area contributed by atoms with Crippen LogP contribution in [0.3, 0.4) is 0 Å². The molecule has 6 rings (SSSR count). The normalized spacial score (nSPS) is 18.3. The minimum Gasteiger partial charge on any atom is -0.341 e. The first-order valence-electron chi connectivity index (χ1n) is 12.2. The van der Waals surface area contributed by atoms with Gasteiger partial charge in [0.2, 0.25) is 0 Å². The standard InChI is InChI=1S/C31H32N2/c1-20(2)32-27-12-8-6-10-23(27)25-15-14-22(18-29(25)32)31(5)17-16-26-24-11-7-9-13-28(24)33(21(3)4)30(26)19-31/h6-18,20-21H,19H2,1-5H3. The van der Waals surface area contributed by atoms with Gasteiger partial charge in [-0.05, 0) is 51.5 Å². The Morgan fingerprint density at radius 2 is 1.30 bits per heavy atom. The van der Waals surface area contributed by atoms with E-state index in [0.717, 1.165) is 6.42 Å². The van der Waals surface area contributed by atoms with Gasteiger partial charge in [0.1, 0.15) is 0 Å². The van der Waals surface area contributed by atoms with Crippen LogP contribution in [-0.2, 0) is 11.8 Å². The Bertz CT molecular complexity index is 1560. The third-order valence-electron chi connectivity index (χ3n) is 7.61. The molecule has 1 unspecified atom stereocenters. The largest absolute Gasteiger partial charge is 0.341 e. The Hall–Kier alpha value is -3.26. The van der Waals surface area contributed by atoms with Gasteiger partial charge in [-0.25, -0.2) is 0 Å². The molecule has 5 aromatic rings. The van der Waals surface area contributed by atoms with Crippen molar-refractivity contribution in [3.8, 4) is 0 Å². The fourth-order valence-electron chi connectivity index (χ4n) is 6.08. The fraction of sp³-hybridized carbons (Fsp3) is 0.290. The van der Waals surface area contributed by atoms with Gasteiger partial charge in [0.05, 0.1) is 0 Å². The van der Waals surface area contributed by atoms with Gasteiger partial charge in [-0.1, -0.05) is 67.6 Å². The molecule has 1 aliphatic rings. The molecular formula is C31H32N2. The quantitative estimate of drug-likeness (QED) is 0.271. The van der Waals surface area contributed by atoms with Gasteiger partial charge in [-0.2, -0.15) is 0 Å². The van der Waals surface area contributed by atoms with Gasteiger partial charge < -0.3 is 9.13 Å². The van der Waals surface area contributed by atoms with Crippen molar-refractivity contribution in [2.75, 3.05) is 0 Å². The third kappa shape index (κ3) is 2.86. The van der Waals surface area contributed by atoms with Crippen molar-refractivity contribution in [3.05, 3.63) is 89.6 Å². The van der Waals surface area contributed by atoms with Crippen LogP contribution in [0.2, 0.25) is 0 Å². The van der Waals surface area contributed by atoms with E-state index in [1.54, 1.807) is 0 Å². The van der Waals surface area contributed by atoms with E-state index in [0.29, 0.717) is 12.1 Å². The maximum atomic E-state index is 2.55. The number of para-hydroxylation sites is 2. The Labute approximate surface area is 196 Å². The van der Waals surface area contributed by atoms with Gasteiger partial charge in [0, 0.05) is 67.9 Å². The molecule has 0 amide bonds. The SMILES string of the molecule is CC(C)n1c2c(c3ccccc31)C=CC(C)(c1ccc3c4ccccc4n(C(C)C)c3c1)C2. The summed E-state index contributed by atoms with van der Waals surface area (Å²) in [5.41, 5.74) is 8.22. The van der Waals surface area contributed by atoms with Crippen molar-refractivity contribution < 1.29 is 0 Å². The highest BCUT2D eigenvalue weighted by molar-refractivity contribution is 6.08. The highest BCUT2D eigenvalue weighted by atomic mass is 15.0. The summed E-state index contributed by atoms with van der Waals surface area (Å²) >= 11 is 0. The number of aromatic nitrogens is 2. The van der Waals surface area contributed by atoms with E-state index in [4.69, 9.17) is 0 Å². The van der Waals surface area contributed by atoms with Crippen molar-refractivity contribution in [2.24, 2.45) is 0 Å². The number of allylic oxidation sites excluding steroid dienone is 1. The molecule has 1 atom stereocenters. The van der Waals surface area contributed by atoms with Crippen molar-refractivity contribution in [1.29, 1.82) is 0 Å². The zero-order chi connectivity index (χ0) is 22.9. The predicted octanol–water partition coefficient (Wildman–Crippen LogP) is 8.44. The molecule has 2 heterocycles. The summed E-state index contributed by atoms with van der Waals surface area (Å²) in [6.45, 7) is 11.6. The van der Waals surface area contributed by atoms with Crippen LogP contribution < -0.4 is 0 Å². The number of nitrogens with zero attached hydrogens (tertiary/aromatic N) is 2. The molecule has 1 aliphatic carbocycles. The van der Waals surface area contributed by atoms with E-state index in [1.165, 1.54) is 49.5 Å². The van der Waals surface area contributed by atoms with Crippen molar-refractivity contribution in [3.63, 3.8) is 0 Å². The average Bonchev–Trinajstić information content (AvgIpc) is 3.30. The van der Waals surface area contributed by atoms with Crippen LogP contribution in [0.4, 0.5) is 0 Å². The maximum Gasteiger partial charge on any atom is 0.0496 e. The lowest BCUT2D eigenvalue weighted by Crippen LogP contribution is -2.27. The Kier molecular flexibility index (Phi) is 4.39. The summed E-state index contributed by atoms with van der Waals surface area (Å²) in [6.07, 6.45) is 5.83. The molecule has 166 valence electrons. The molecular weight excluding hydrogens is 400 g/mol. The lowest BCUT2D eigenvalue weighted by Gasteiger charge is -2.32. The molecule has 3 aromatic carbocycles. The van der Waals surface area contributed by atoms with E-state index in [-0.39, 0.29) is 5.41 Å². The van der Waals surface area contributed by atoms with Crippen LogP contribution in [0.1, 0.15) is 63.5 Å². The Morgan fingerprint density at radius 1 is 0.697 bits per heavy atom. The number of rotatable bonds is 3. The molecule has 0 fully saturated rings. The van der Waals surface area contributed by atoms with Gasteiger partial charge in [0.25, 0.3) is 0 Å². The molecule has 2 heteroatoms. The van der Waals surface area contributed by atoms with Gasteiger partial charge in [-0.15, -0.1) is 0 Å². The summed E-state index contributed by atoms with van der Waals surface area (Å²) in [5, 5.41) is 4.07. The number of hydrogen-bond acceptors (Lipinski definition) is 0. The minimum absolute atomic E-state index is 0.0412. The second kappa shape index (κ2) is 7.12. The van der Waals surface area contributed by atoms with E-state index in [9.17, 15) is 0 Å². The van der Waals surface area contributed by atoms with Crippen molar-refractivity contribution >= 4 is 38.8 Å². The van der Waals surface area contributed by atoms with E-state index >= 15 is 0 Å². The molecule has 0 aliphatic heterocycles. The van der Waals surface area contributed by atoms with E-state index in [2.05, 4.69) is 123 Å². The van der Waals surface area contributed by atoms with Crippen LogP contribution >= 0.6 is 0 Å². The molecule has 0 N–H and O–H groups in total. The Morgan fingerprint density at radius 3 is 2.00 bits per heavy atom. The van der Waals surface area contributed by atoms with Gasteiger partial charge in [-0.3, -0.25) is 0 Å². The topological polar surface area (TPSA) is 9.86 Å². The fourth-order valence-corrected chi connectivity index (χ4v) is 6.08. The second-order valence-corrected chi connectivity index (χ2v) is 10.5. The first kappa shape index (κ1) is 20.4. The molecule has 0 spiro atoms. The van der Waals surface area contributed by atoms with Crippen molar-refractivity contribution in [2.45, 2.75) is 58.5 Å². The molecule has 0 radical (unpaired) electrons. The molecule has 2 aromatic heterocycles.